The molecule has 1 aliphatic rings. The van der Waals surface area contributed by atoms with Gasteiger partial charge in [0, 0.05) is 18.0 Å². The molecular formula is C15H18N2O2. The largest absolute Gasteiger partial charge is 0.495 e. The van der Waals surface area contributed by atoms with Crippen LogP contribution in [-0.2, 0) is 0 Å². The van der Waals surface area contributed by atoms with Crippen molar-refractivity contribution in [3.05, 3.63) is 40.2 Å². The molecule has 100 valence electrons. The number of benzene rings is 1. The van der Waals surface area contributed by atoms with Crippen LogP contribution in [0.5, 0.6) is 5.75 Å². The van der Waals surface area contributed by atoms with Gasteiger partial charge in [0.05, 0.1) is 18.7 Å². The monoisotopic (exact) mass is 258 g/mol. The number of methoxy groups -OCH3 is 1. The summed E-state index contributed by atoms with van der Waals surface area (Å²) in [6.45, 7) is 3.78. The molecule has 2 aromatic rings. The Hall–Kier alpha value is -1.81. The van der Waals surface area contributed by atoms with E-state index < -0.39 is 0 Å². The van der Waals surface area contributed by atoms with Crippen LogP contribution in [0.1, 0.15) is 18.0 Å². The highest BCUT2D eigenvalue weighted by molar-refractivity contribution is 5.87. The average Bonchev–Trinajstić information content (AvgIpc) is 2.92. The number of nitrogens with zero attached hydrogens (tertiary/aromatic N) is 1. The van der Waals surface area contributed by atoms with Crippen LogP contribution in [0.2, 0.25) is 0 Å². The predicted octanol–water partition coefficient (Wildman–Crippen LogP) is 1.85. The molecule has 19 heavy (non-hydrogen) atoms. The molecular weight excluding hydrogens is 240 g/mol. The van der Waals surface area contributed by atoms with Gasteiger partial charge in [0.2, 0.25) is 0 Å². The van der Waals surface area contributed by atoms with Gasteiger partial charge in [-0.05, 0) is 31.5 Å². The van der Waals surface area contributed by atoms with E-state index in [1.807, 2.05) is 29.7 Å². The smallest absolute Gasteiger partial charge is 0.251 e. The Balaban J connectivity index is 2.38. The molecule has 0 aliphatic carbocycles. The summed E-state index contributed by atoms with van der Waals surface area (Å²) >= 11 is 0. The second-order valence-electron chi connectivity index (χ2n) is 5.04. The van der Waals surface area contributed by atoms with Crippen LogP contribution < -0.4 is 15.6 Å². The first-order valence-electron chi connectivity index (χ1n) is 6.62. The van der Waals surface area contributed by atoms with E-state index in [2.05, 4.69) is 5.32 Å². The minimum Gasteiger partial charge on any atom is -0.495 e. The first kappa shape index (κ1) is 12.2. The van der Waals surface area contributed by atoms with Crippen molar-refractivity contribution in [2.24, 2.45) is 0 Å². The van der Waals surface area contributed by atoms with Crippen LogP contribution in [0.25, 0.3) is 10.9 Å². The van der Waals surface area contributed by atoms with E-state index in [0.29, 0.717) is 0 Å². The molecule has 0 amide bonds. The third-order valence-corrected chi connectivity index (χ3v) is 3.86. The van der Waals surface area contributed by atoms with Gasteiger partial charge in [-0.1, -0.05) is 12.1 Å². The fraction of sp³-hybridized carbons (Fsp3) is 0.400. The average molecular weight is 258 g/mol. The zero-order valence-corrected chi connectivity index (χ0v) is 11.3. The molecule has 1 N–H and O–H groups in total. The summed E-state index contributed by atoms with van der Waals surface area (Å²) in [6.07, 6.45) is 0.982. The number of aromatic nitrogens is 1. The zero-order valence-electron chi connectivity index (χ0n) is 11.3. The van der Waals surface area contributed by atoms with Gasteiger partial charge < -0.3 is 14.6 Å². The van der Waals surface area contributed by atoms with Crippen molar-refractivity contribution in [3.8, 4) is 5.75 Å². The highest BCUT2D eigenvalue weighted by Gasteiger charge is 2.21. The summed E-state index contributed by atoms with van der Waals surface area (Å²) in [5, 5.41) is 4.40. The Bertz CT molecular complexity index is 670. The quantitative estimate of drug-likeness (QED) is 0.894. The Labute approximate surface area is 112 Å². The number of nitrogens with one attached hydrogen (secondary N) is 1. The summed E-state index contributed by atoms with van der Waals surface area (Å²) in [7, 11) is 1.65. The second-order valence-corrected chi connectivity index (χ2v) is 5.04. The zero-order chi connectivity index (χ0) is 13.4. The van der Waals surface area contributed by atoms with Crippen LogP contribution in [0.3, 0.4) is 0 Å². The SMILES string of the molecule is COc1cccc2c(C)cc(=O)n(C3CCNC3)c12. The maximum Gasteiger partial charge on any atom is 0.251 e. The van der Waals surface area contributed by atoms with Gasteiger partial charge in [0.1, 0.15) is 5.75 Å². The third-order valence-electron chi connectivity index (χ3n) is 3.86. The molecule has 1 aromatic heterocycles. The van der Waals surface area contributed by atoms with Gasteiger partial charge >= 0.3 is 0 Å². The first-order chi connectivity index (χ1) is 9.22. The lowest BCUT2D eigenvalue weighted by molar-refractivity contribution is 0.414. The summed E-state index contributed by atoms with van der Waals surface area (Å²) in [4.78, 5) is 12.4. The maximum atomic E-state index is 12.4. The minimum atomic E-state index is 0.0585. The van der Waals surface area contributed by atoms with E-state index in [0.717, 1.165) is 41.7 Å². The number of hydrogen-bond acceptors (Lipinski definition) is 3. The molecule has 0 radical (unpaired) electrons. The molecule has 1 aromatic carbocycles. The van der Waals surface area contributed by atoms with Crippen molar-refractivity contribution in [2.75, 3.05) is 20.2 Å². The minimum absolute atomic E-state index is 0.0585. The van der Waals surface area contributed by atoms with Crippen LogP contribution >= 0.6 is 0 Å². The number of ether oxygens (including phenoxy) is 1. The number of aryl methyl sites for hydroxylation is 1. The molecule has 1 fully saturated rings. The van der Waals surface area contributed by atoms with Crippen LogP contribution in [-0.4, -0.2) is 24.8 Å². The number of hydrogen-bond donors (Lipinski definition) is 1. The molecule has 4 heteroatoms. The van der Waals surface area contributed by atoms with Crippen molar-refractivity contribution in [2.45, 2.75) is 19.4 Å². The molecule has 0 saturated carbocycles. The Morgan fingerprint density at radius 3 is 2.95 bits per heavy atom. The van der Waals surface area contributed by atoms with Gasteiger partial charge in [-0.2, -0.15) is 0 Å². The number of rotatable bonds is 2. The highest BCUT2D eigenvalue weighted by Crippen LogP contribution is 2.29. The van der Waals surface area contributed by atoms with Gasteiger partial charge in [-0.3, -0.25) is 4.79 Å². The van der Waals surface area contributed by atoms with Crippen LogP contribution in [0.15, 0.2) is 29.1 Å². The van der Waals surface area contributed by atoms with E-state index in [-0.39, 0.29) is 11.6 Å². The summed E-state index contributed by atoms with van der Waals surface area (Å²) in [6, 6.07) is 7.87. The molecule has 2 heterocycles. The summed E-state index contributed by atoms with van der Waals surface area (Å²) < 4.78 is 7.35. The molecule has 3 rings (SSSR count). The van der Waals surface area contributed by atoms with Crippen molar-refractivity contribution < 1.29 is 4.74 Å². The van der Waals surface area contributed by atoms with Gasteiger partial charge in [0.25, 0.3) is 5.56 Å². The fourth-order valence-electron chi connectivity index (χ4n) is 2.92. The fourth-order valence-corrected chi connectivity index (χ4v) is 2.92. The third kappa shape index (κ3) is 1.92. The van der Waals surface area contributed by atoms with Crippen LogP contribution in [0, 0.1) is 6.92 Å². The highest BCUT2D eigenvalue weighted by atomic mass is 16.5. The van der Waals surface area contributed by atoms with Gasteiger partial charge in [-0.15, -0.1) is 0 Å². The lowest BCUT2D eigenvalue weighted by Gasteiger charge is -2.19. The number of pyridine rings is 1. The Morgan fingerprint density at radius 2 is 2.26 bits per heavy atom. The topological polar surface area (TPSA) is 43.3 Å². The van der Waals surface area contributed by atoms with Gasteiger partial charge in [0.15, 0.2) is 0 Å². The van der Waals surface area contributed by atoms with Gasteiger partial charge in [-0.25, -0.2) is 0 Å². The van der Waals surface area contributed by atoms with E-state index >= 15 is 0 Å². The van der Waals surface area contributed by atoms with E-state index in [1.165, 1.54) is 0 Å². The summed E-state index contributed by atoms with van der Waals surface area (Å²) in [5.41, 5.74) is 1.98. The standard InChI is InChI=1S/C15H18N2O2/c1-10-8-14(18)17(11-6-7-16-9-11)15-12(10)4-3-5-13(15)19-2/h3-5,8,11,16H,6-7,9H2,1-2H3. The van der Waals surface area contributed by atoms with Crippen molar-refractivity contribution in [3.63, 3.8) is 0 Å². The van der Waals surface area contributed by atoms with E-state index in [1.54, 1.807) is 13.2 Å². The predicted molar refractivity (Wildman–Crippen MR) is 76.0 cm³/mol. The maximum absolute atomic E-state index is 12.4. The first-order valence-corrected chi connectivity index (χ1v) is 6.62. The second kappa shape index (κ2) is 4.70. The number of para-hydroxylation sites is 1. The van der Waals surface area contributed by atoms with E-state index in [9.17, 15) is 4.79 Å². The molecule has 1 aliphatic heterocycles. The molecule has 1 saturated heterocycles. The van der Waals surface area contributed by atoms with Crippen molar-refractivity contribution in [1.29, 1.82) is 0 Å². The lowest BCUT2D eigenvalue weighted by Crippen LogP contribution is -2.26. The Kier molecular flexibility index (Phi) is 3.03. The lowest BCUT2D eigenvalue weighted by atomic mass is 10.1. The number of fused-ring (bicyclic) bond motifs is 1. The normalized spacial score (nSPS) is 18.9. The van der Waals surface area contributed by atoms with Crippen molar-refractivity contribution in [1.82, 2.24) is 9.88 Å². The molecule has 0 bridgehead atoms. The molecule has 1 unspecified atom stereocenters. The summed E-state index contributed by atoms with van der Waals surface area (Å²) in [5.74, 6) is 0.769. The van der Waals surface area contributed by atoms with Crippen LogP contribution in [0.4, 0.5) is 0 Å². The Morgan fingerprint density at radius 1 is 1.42 bits per heavy atom. The molecule has 0 spiro atoms. The van der Waals surface area contributed by atoms with Crippen molar-refractivity contribution >= 4 is 10.9 Å². The molecule has 1 atom stereocenters. The molecule has 4 nitrogen and oxygen atoms in total. The van der Waals surface area contributed by atoms with E-state index in [4.69, 9.17) is 4.74 Å².